The number of unbranched alkanes of at least 4 members (excludes halogenated alkanes) is 1. The zero-order chi connectivity index (χ0) is 31.1. The molecular weight excluding hydrogens is 564 g/mol. The Labute approximate surface area is 254 Å². The molecule has 3 aromatic rings. The van der Waals surface area contributed by atoms with Crippen molar-refractivity contribution in [3.05, 3.63) is 89.0 Å². The first-order valence-corrected chi connectivity index (χ1v) is 15.7. The lowest BCUT2D eigenvalue weighted by molar-refractivity contribution is -0.154. The highest BCUT2D eigenvalue weighted by molar-refractivity contribution is 7.84. The number of nitriles is 1. The number of anilines is 2. The van der Waals surface area contributed by atoms with E-state index in [2.05, 4.69) is 16.7 Å². The topological polar surface area (TPSA) is 129 Å². The summed E-state index contributed by atoms with van der Waals surface area (Å²) in [5.74, 6) is -0.434. The smallest absolute Gasteiger partial charge is 0.323 e. The Morgan fingerprint density at radius 3 is 2.28 bits per heavy atom. The lowest BCUT2D eigenvalue weighted by atomic mass is 9.88. The maximum atomic E-state index is 13.9. The molecular formula is C33H36N4O5S. The minimum Gasteiger partial charge on any atom is -0.460 e. The second-order valence-electron chi connectivity index (χ2n) is 11.4. The minimum atomic E-state index is -1.11. The largest absolute Gasteiger partial charge is 0.460 e. The predicted molar refractivity (Wildman–Crippen MR) is 166 cm³/mol. The second kappa shape index (κ2) is 13.7. The highest BCUT2D eigenvalue weighted by Crippen LogP contribution is 2.35. The van der Waals surface area contributed by atoms with E-state index in [1.54, 1.807) is 54.8 Å². The molecule has 0 spiro atoms. The van der Waals surface area contributed by atoms with Crippen LogP contribution in [0.3, 0.4) is 0 Å². The van der Waals surface area contributed by atoms with E-state index in [0.717, 1.165) is 11.1 Å². The molecule has 0 fully saturated rings. The summed E-state index contributed by atoms with van der Waals surface area (Å²) in [6.45, 7) is 5.93. The van der Waals surface area contributed by atoms with E-state index in [9.17, 15) is 23.9 Å². The van der Waals surface area contributed by atoms with Crippen molar-refractivity contribution in [1.82, 2.24) is 4.90 Å². The molecule has 2 unspecified atom stereocenters. The zero-order valence-corrected chi connectivity index (χ0v) is 25.6. The minimum absolute atomic E-state index is 0.167. The fraction of sp³-hybridized carbons (Fsp3) is 0.333. The molecule has 1 aliphatic rings. The van der Waals surface area contributed by atoms with Crippen LogP contribution in [0.5, 0.6) is 0 Å². The summed E-state index contributed by atoms with van der Waals surface area (Å²) in [5, 5.41) is 14.8. The standard InChI is InChI=1S/C33H36N4O5S/c1-33(2,3)42-30(38)7-5-6-18-37-29(23-10-8-22(21-34)9-11-23)19-24-12-13-26(20-28(24)31(37)39)36-32(40)35-25-14-16-27(17-15-25)43(4)41/h8-17,20,29H,5-7,18-19H2,1-4H3,(H2,35,36,40). The van der Waals surface area contributed by atoms with Crippen molar-refractivity contribution in [2.45, 2.75) is 63.0 Å². The van der Waals surface area contributed by atoms with E-state index in [4.69, 9.17) is 4.74 Å². The van der Waals surface area contributed by atoms with Crippen molar-refractivity contribution in [2.24, 2.45) is 0 Å². The van der Waals surface area contributed by atoms with Crippen molar-refractivity contribution >= 4 is 40.1 Å². The van der Waals surface area contributed by atoms with Gasteiger partial charge in [-0.1, -0.05) is 18.2 Å². The van der Waals surface area contributed by atoms with Crippen LogP contribution >= 0.6 is 0 Å². The predicted octanol–water partition coefficient (Wildman–Crippen LogP) is 6.19. The number of urea groups is 1. The molecule has 43 heavy (non-hydrogen) atoms. The van der Waals surface area contributed by atoms with Crippen molar-refractivity contribution < 1.29 is 23.3 Å². The third-order valence-corrected chi connectivity index (χ3v) is 7.90. The quantitative estimate of drug-likeness (QED) is 0.223. The Kier molecular flexibility index (Phi) is 9.99. The lowest BCUT2D eigenvalue weighted by Gasteiger charge is -2.37. The monoisotopic (exact) mass is 600 g/mol. The van der Waals surface area contributed by atoms with E-state index in [1.807, 2.05) is 43.9 Å². The molecule has 1 aliphatic heterocycles. The van der Waals surface area contributed by atoms with Gasteiger partial charge in [0, 0.05) is 51.9 Å². The maximum Gasteiger partial charge on any atom is 0.323 e. The number of carbonyl (C=O) groups is 3. The van der Waals surface area contributed by atoms with Gasteiger partial charge in [-0.3, -0.25) is 13.8 Å². The molecule has 0 saturated carbocycles. The third-order valence-electron chi connectivity index (χ3n) is 6.97. The molecule has 224 valence electrons. The first-order valence-electron chi connectivity index (χ1n) is 14.1. The van der Waals surface area contributed by atoms with Crippen molar-refractivity contribution in [2.75, 3.05) is 23.4 Å². The fourth-order valence-electron chi connectivity index (χ4n) is 4.95. The van der Waals surface area contributed by atoms with Gasteiger partial charge < -0.3 is 20.3 Å². The summed E-state index contributed by atoms with van der Waals surface area (Å²) in [7, 11) is -1.11. The molecule has 3 amide bonds. The normalized spacial score (nSPS) is 15.2. The van der Waals surface area contributed by atoms with Crippen LogP contribution < -0.4 is 10.6 Å². The first kappa shape index (κ1) is 31.4. The van der Waals surface area contributed by atoms with Gasteiger partial charge in [0.25, 0.3) is 5.91 Å². The van der Waals surface area contributed by atoms with E-state index in [-0.39, 0.29) is 24.3 Å². The molecule has 0 aromatic heterocycles. The molecule has 2 N–H and O–H groups in total. The molecule has 9 nitrogen and oxygen atoms in total. The molecule has 4 rings (SSSR count). The first-order chi connectivity index (χ1) is 20.4. The fourth-order valence-corrected chi connectivity index (χ4v) is 5.47. The molecule has 0 radical (unpaired) electrons. The summed E-state index contributed by atoms with van der Waals surface area (Å²) in [6.07, 6.45) is 3.60. The van der Waals surface area contributed by atoms with E-state index < -0.39 is 22.4 Å². The van der Waals surface area contributed by atoms with Gasteiger partial charge in [0.15, 0.2) is 0 Å². The number of hydrogen-bond donors (Lipinski definition) is 2. The zero-order valence-electron chi connectivity index (χ0n) is 24.8. The van der Waals surface area contributed by atoms with Crippen LogP contribution in [0, 0.1) is 11.3 Å². The highest BCUT2D eigenvalue weighted by Gasteiger charge is 2.33. The Bertz CT molecular complexity index is 1560. The number of fused-ring (bicyclic) bond motifs is 1. The number of esters is 1. The molecule has 3 aromatic carbocycles. The van der Waals surface area contributed by atoms with Crippen molar-refractivity contribution in [1.29, 1.82) is 5.26 Å². The lowest BCUT2D eigenvalue weighted by Crippen LogP contribution is -2.41. The van der Waals surface area contributed by atoms with Gasteiger partial charge in [0.2, 0.25) is 0 Å². The van der Waals surface area contributed by atoms with Gasteiger partial charge in [-0.05, 0) is 99.7 Å². The Hall–Kier alpha value is -4.49. The number of hydrogen-bond acceptors (Lipinski definition) is 6. The van der Waals surface area contributed by atoms with Crippen molar-refractivity contribution in [3.8, 4) is 6.07 Å². The van der Waals surface area contributed by atoms with E-state index in [1.165, 1.54) is 0 Å². The van der Waals surface area contributed by atoms with Crippen LogP contribution in [-0.2, 0) is 26.8 Å². The number of nitrogens with one attached hydrogen (secondary N) is 2. The number of carbonyl (C=O) groups excluding carboxylic acids is 3. The van der Waals surface area contributed by atoms with Crippen LogP contribution in [0.15, 0.2) is 71.6 Å². The molecule has 1 heterocycles. The maximum absolute atomic E-state index is 13.9. The SMILES string of the molecule is CS(=O)c1ccc(NC(=O)Nc2ccc3c(c2)C(=O)N(CCCCC(=O)OC(C)(C)C)C(c2ccc(C#N)cc2)C3)cc1. The van der Waals surface area contributed by atoms with Gasteiger partial charge in [-0.15, -0.1) is 0 Å². The molecule has 10 heteroatoms. The Balaban J connectivity index is 1.49. The average molecular weight is 601 g/mol. The van der Waals surface area contributed by atoms with Crippen LogP contribution in [0.4, 0.5) is 16.2 Å². The second-order valence-corrected chi connectivity index (χ2v) is 12.8. The summed E-state index contributed by atoms with van der Waals surface area (Å²) in [4.78, 5) is 41.2. The van der Waals surface area contributed by atoms with Crippen molar-refractivity contribution in [3.63, 3.8) is 0 Å². The molecule has 0 bridgehead atoms. The number of amides is 3. The van der Waals surface area contributed by atoms with Gasteiger partial charge in [-0.2, -0.15) is 5.26 Å². The average Bonchev–Trinajstić information content (AvgIpc) is 2.95. The highest BCUT2D eigenvalue weighted by atomic mass is 32.2. The number of ether oxygens (including phenoxy) is 1. The van der Waals surface area contributed by atoms with Crippen LogP contribution in [0.2, 0.25) is 0 Å². The summed E-state index contributed by atoms with van der Waals surface area (Å²) in [5.41, 5.74) is 3.29. The third kappa shape index (κ3) is 8.52. The van der Waals surface area contributed by atoms with Gasteiger partial charge in [0.05, 0.1) is 17.7 Å². The van der Waals surface area contributed by atoms with Gasteiger partial charge in [-0.25, -0.2) is 4.79 Å². The summed E-state index contributed by atoms with van der Waals surface area (Å²) in [6, 6.07) is 20.7. The number of benzene rings is 3. The van der Waals surface area contributed by atoms with Crippen LogP contribution in [0.25, 0.3) is 0 Å². The summed E-state index contributed by atoms with van der Waals surface area (Å²) >= 11 is 0. The van der Waals surface area contributed by atoms with E-state index >= 15 is 0 Å². The summed E-state index contributed by atoms with van der Waals surface area (Å²) < 4.78 is 17.0. The Morgan fingerprint density at radius 2 is 1.65 bits per heavy atom. The Morgan fingerprint density at radius 1 is 1.00 bits per heavy atom. The van der Waals surface area contributed by atoms with Gasteiger partial charge in [0.1, 0.15) is 5.60 Å². The molecule has 0 aliphatic carbocycles. The van der Waals surface area contributed by atoms with E-state index in [0.29, 0.717) is 53.2 Å². The number of rotatable bonds is 9. The molecule has 2 atom stereocenters. The van der Waals surface area contributed by atoms with Crippen LogP contribution in [0.1, 0.15) is 73.1 Å². The molecule has 0 saturated heterocycles. The van der Waals surface area contributed by atoms with Crippen LogP contribution in [-0.4, -0.2) is 45.4 Å². The van der Waals surface area contributed by atoms with Gasteiger partial charge >= 0.3 is 12.0 Å². The number of nitrogens with zero attached hydrogens (tertiary/aromatic N) is 2.